The van der Waals surface area contributed by atoms with E-state index < -0.39 is 12.1 Å². The van der Waals surface area contributed by atoms with Crippen molar-refractivity contribution >= 4 is 29.2 Å². The number of nitrogens with zero attached hydrogens (tertiary/aromatic N) is 3. The first-order valence-corrected chi connectivity index (χ1v) is 18.2. The molecule has 2 amide bonds. The first-order valence-electron chi connectivity index (χ1n) is 18.2. The number of para-hydroxylation sites is 3. The van der Waals surface area contributed by atoms with E-state index >= 15 is 0 Å². The molecule has 1 aliphatic heterocycles. The normalized spacial score (nSPS) is 12.8. The molecular formula is C43H44F3N5O6. The van der Waals surface area contributed by atoms with Crippen molar-refractivity contribution in [2.24, 2.45) is 5.73 Å². The minimum atomic E-state index is -5.08. The molecule has 57 heavy (non-hydrogen) atoms. The number of hydrogen-bond donors (Lipinski definition) is 3. The Hall–Kier alpha value is -6.38. The zero-order chi connectivity index (χ0) is 40.8. The van der Waals surface area contributed by atoms with Gasteiger partial charge in [-0.05, 0) is 70.8 Å². The number of carbonyl (C=O) groups is 3. The number of alkyl halides is 3. The van der Waals surface area contributed by atoms with Gasteiger partial charge < -0.3 is 30.1 Å². The summed E-state index contributed by atoms with van der Waals surface area (Å²) in [6, 6.07) is 41.4. The first-order chi connectivity index (χ1) is 27.4. The fourth-order valence-corrected chi connectivity index (χ4v) is 6.01. The van der Waals surface area contributed by atoms with Crippen molar-refractivity contribution in [1.82, 2.24) is 10.4 Å². The molecule has 5 aromatic carbocycles. The molecule has 0 atom stereocenters. The molecule has 0 unspecified atom stereocenters. The number of rotatable bonds is 13. The van der Waals surface area contributed by atoms with Crippen LogP contribution in [0.25, 0.3) is 11.1 Å². The van der Waals surface area contributed by atoms with Gasteiger partial charge in [0.2, 0.25) is 11.8 Å². The second-order valence-corrected chi connectivity index (χ2v) is 13.0. The molecule has 0 bridgehead atoms. The number of carboxylic acids is 1. The van der Waals surface area contributed by atoms with Gasteiger partial charge in [0.25, 0.3) is 0 Å². The topological polar surface area (TPSA) is 138 Å². The Kier molecular flexibility index (Phi) is 14.6. The second kappa shape index (κ2) is 20.0. The highest BCUT2D eigenvalue weighted by Crippen LogP contribution is 2.34. The van der Waals surface area contributed by atoms with Crippen molar-refractivity contribution in [2.45, 2.75) is 32.1 Å². The van der Waals surface area contributed by atoms with E-state index in [1.165, 1.54) is 5.69 Å². The van der Waals surface area contributed by atoms with E-state index in [0.29, 0.717) is 43.4 Å². The van der Waals surface area contributed by atoms with E-state index in [-0.39, 0.29) is 24.7 Å². The fraction of sp³-hybridized carbons (Fsp3) is 0.233. The van der Waals surface area contributed by atoms with Gasteiger partial charge in [-0.15, -0.1) is 0 Å². The number of ether oxygens (including phenoxy) is 2. The average molecular weight is 784 g/mol. The largest absolute Gasteiger partial charge is 0.497 e. The number of anilines is 2. The van der Waals surface area contributed by atoms with Crippen molar-refractivity contribution in [2.75, 3.05) is 43.1 Å². The van der Waals surface area contributed by atoms with E-state index in [9.17, 15) is 22.8 Å². The van der Waals surface area contributed by atoms with Crippen LogP contribution >= 0.6 is 0 Å². The number of aliphatic carboxylic acids is 1. The Balaban J connectivity index is 0.000000811. The van der Waals surface area contributed by atoms with Crippen LogP contribution in [0.4, 0.5) is 24.5 Å². The molecule has 298 valence electrons. The summed E-state index contributed by atoms with van der Waals surface area (Å²) in [6.45, 7) is 3.69. The number of methoxy groups -OCH3 is 1. The molecule has 0 saturated carbocycles. The van der Waals surface area contributed by atoms with Crippen molar-refractivity contribution < 1.29 is 42.1 Å². The molecule has 11 nitrogen and oxygen atoms in total. The van der Waals surface area contributed by atoms with Gasteiger partial charge in [-0.2, -0.15) is 13.2 Å². The summed E-state index contributed by atoms with van der Waals surface area (Å²) < 4.78 is 43.4. The maximum Gasteiger partial charge on any atom is 0.490 e. The van der Waals surface area contributed by atoms with Crippen molar-refractivity contribution in [3.63, 3.8) is 0 Å². The minimum absolute atomic E-state index is 0.0384. The van der Waals surface area contributed by atoms with Crippen LogP contribution in [0.5, 0.6) is 17.2 Å². The molecule has 0 radical (unpaired) electrons. The highest BCUT2D eigenvalue weighted by molar-refractivity contribution is 5.96. The summed E-state index contributed by atoms with van der Waals surface area (Å²) in [4.78, 5) is 40.0. The Labute approximate surface area is 329 Å². The Bertz CT molecular complexity index is 2070. The van der Waals surface area contributed by atoms with E-state index in [4.69, 9.17) is 25.1 Å². The summed E-state index contributed by atoms with van der Waals surface area (Å²) in [6.07, 6.45) is -4.98. The highest BCUT2D eigenvalue weighted by atomic mass is 19.4. The molecule has 0 spiro atoms. The lowest BCUT2D eigenvalue weighted by Gasteiger charge is -2.36. The van der Waals surface area contributed by atoms with Gasteiger partial charge in [0.05, 0.1) is 19.3 Å². The highest BCUT2D eigenvalue weighted by Gasteiger charge is 2.38. The van der Waals surface area contributed by atoms with Crippen LogP contribution in [0.2, 0.25) is 0 Å². The third-order valence-corrected chi connectivity index (χ3v) is 9.03. The maximum atomic E-state index is 14.0. The minimum Gasteiger partial charge on any atom is -0.497 e. The first kappa shape index (κ1) is 41.8. The van der Waals surface area contributed by atoms with Gasteiger partial charge in [-0.25, -0.2) is 9.80 Å². The number of carbonyl (C=O) groups excluding carboxylic acids is 2. The number of nitrogens with one attached hydrogen (secondary N) is 1. The van der Waals surface area contributed by atoms with Crippen LogP contribution in [-0.2, 0) is 27.5 Å². The van der Waals surface area contributed by atoms with E-state index in [0.717, 1.165) is 41.1 Å². The van der Waals surface area contributed by atoms with Crippen LogP contribution in [0.15, 0.2) is 127 Å². The number of piperazine rings is 1. The van der Waals surface area contributed by atoms with Crippen LogP contribution in [-0.4, -0.2) is 67.4 Å². The average Bonchev–Trinajstić information content (AvgIpc) is 3.23. The number of carboxylic acid groups (broad SMARTS) is 1. The van der Waals surface area contributed by atoms with Gasteiger partial charge in [-0.3, -0.25) is 15.0 Å². The molecule has 1 aliphatic rings. The third kappa shape index (κ3) is 12.3. The van der Waals surface area contributed by atoms with Gasteiger partial charge >= 0.3 is 12.1 Å². The molecule has 14 heteroatoms. The van der Waals surface area contributed by atoms with Crippen LogP contribution in [0, 0.1) is 0 Å². The molecule has 1 saturated heterocycles. The Morgan fingerprint density at radius 3 is 1.98 bits per heavy atom. The summed E-state index contributed by atoms with van der Waals surface area (Å²) in [5.74, 6) is -1.16. The molecule has 1 fully saturated rings. The lowest BCUT2D eigenvalue weighted by atomic mass is 10.0. The van der Waals surface area contributed by atoms with E-state index in [1.807, 2.05) is 120 Å². The standard InChI is InChI=1S/C41H43N5O4.C2HF3O2/c1-49-36-20-18-34(19-21-36)33-16-14-31(15-17-33)30-46(38-12-5-6-13-39(38)50-37-11-7-8-32(28-37)29-42)41(48)23-22-40(47)43-45-26-24-44(25-27-45)35-9-3-2-4-10-35;3-2(4,5)1(6)7/h2-21,28H,22-27,29-30,42H2,1H3,(H,43,47);(H,6,7). The van der Waals surface area contributed by atoms with E-state index in [2.05, 4.69) is 22.5 Å². The zero-order valence-corrected chi connectivity index (χ0v) is 31.3. The quantitative estimate of drug-likeness (QED) is 0.112. The predicted octanol–water partition coefficient (Wildman–Crippen LogP) is 7.41. The fourth-order valence-electron chi connectivity index (χ4n) is 6.01. The molecule has 4 N–H and O–H groups in total. The third-order valence-electron chi connectivity index (χ3n) is 9.03. The zero-order valence-electron chi connectivity index (χ0n) is 31.3. The Morgan fingerprint density at radius 1 is 0.754 bits per heavy atom. The number of nitrogens with two attached hydrogens (primary N) is 1. The molecule has 5 aromatic rings. The molecule has 0 aromatic heterocycles. The van der Waals surface area contributed by atoms with Crippen molar-refractivity contribution in [3.8, 4) is 28.4 Å². The predicted molar refractivity (Wildman–Crippen MR) is 212 cm³/mol. The SMILES string of the molecule is COc1ccc(-c2ccc(CN(C(=O)CCC(=O)NN3CCN(c4ccccc4)CC3)c3ccccc3Oc3cccc(CN)c3)cc2)cc1.O=C(O)C(F)(F)F. The maximum absolute atomic E-state index is 14.0. The van der Waals surface area contributed by atoms with Gasteiger partial charge in [0, 0.05) is 51.3 Å². The number of benzene rings is 5. The van der Waals surface area contributed by atoms with Crippen molar-refractivity contribution in [3.05, 3.63) is 139 Å². The smallest absolute Gasteiger partial charge is 0.490 e. The number of halogens is 3. The van der Waals surface area contributed by atoms with Crippen LogP contribution in [0.1, 0.15) is 24.0 Å². The molecule has 1 heterocycles. The van der Waals surface area contributed by atoms with Gasteiger partial charge in [0.15, 0.2) is 5.75 Å². The molecular weight excluding hydrogens is 739 g/mol. The monoisotopic (exact) mass is 783 g/mol. The van der Waals surface area contributed by atoms with Crippen LogP contribution in [0.3, 0.4) is 0 Å². The number of hydrogen-bond acceptors (Lipinski definition) is 8. The lowest BCUT2D eigenvalue weighted by molar-refractivity contribution is -0.192. The lowest BCUT2D eigenvalue weighted by Crippen LogP contribution is -2.53. The Morgan fingerprint density at radius 2 is 1.37 bits per heavy atom. The number of amides is 2. The second-order valence-electron chi connectivity index (χ2n) is 13.0. The molecule has 6 rings (SSSR count). The summed E-state index contributed by atoms with van der Waals surface area (Å²) in [7, 11) is 1.65. The van der Waals surface area contributed by atoms with Gasteiger partial charge in [-0.1, -0.05) is 78.9 Å². The van der Waals surface area contributed by atoms with Gasteiger partial charge in [0.1, 0.15) is 11.5 Å². The number of hydrazine groups is 1. The summed E-state index contributed by atoms with van der Waals surface area (Å²) in [5.41, 5.74) is 14.7. The summed E-state index contributed by atoms with van der Waals surface area (Å²) in [5, 5.41) is 9.06. The molecule has 0 aliphatic carbocycles. The van der Waals surface area contributed by atoms with Crippen LogP contribution < -0.4 is 30.4 Å². The van der Waals surface area contributed by atoms with Crippen molar-refractivity contribution in [1.29, 1.82) is 0 Å². The summed E-state index contributed by atoms with van der Waals surface area (Å²) >= 11 is 0. The van der Waals surface area contributed by atoms with E-state index in [1.54, 1.807) is 12.0 Å².